The third-order valence-corrected chi connectivity index (χ3v) is 5.00. The second kappa shape index (κ2) is 11.6. The van der Waals surface area contributed by atoms with Crippen LogP contribution in [0.25, 0.3) is 0 Å². The summed E-state index contributed by atoms with van der Waals surface area (Å²) >= 11 is 0. The molecule has 1 nitrogen and oxygen atoms in total. The molecule has 0 aromatic heterocycles. The molecule has 2 saturated carbocycles. The summed E-state index contributed by atoms with van der Waals surface area (Å²) in [6.07, 6.45) is 11.7. The van der Waals surface area contributed by atoms with Gasteiger partial charge >= 0.3 is 0 Å². The lowest BCUT2D eigenvalue weighted by molar-refractivity contribution is -0.0366. The van der Waals surface area contributed by atoms with Gasteiger partial charge in [0.05, 0.1) is 12.2 Å². The summed E-state index contributed by atoms with van der Waals surface area (Å²) in [6.45, 7) is 17.2. The third kappa shape index (κ3) is 10.2. The molecule has 1 aromatic carbocycles. The quantitative estimate of drug-likeness (QED) is 0.498. The molecule has 0 amide bonds. The van der Waals surface area contributed by atoms with E-state index in [4.69, 9.17) is 4.74 Å². The van der Waals surface area contributed by atoms with Crippen molar-refractivity contribution in [3.05, 3.63) is 48.6 Å². The van der Waals surface area contributed by atoms with Crippen LogP contribution < -0.4 is 0 Å². The van der Waals surface area contributed by atoms with Crippen molar-refractivity contribution in [2.75, 3.05) is 0 Å². The fraction of sp³-hybridized carbons (Fsp3) is 0.680. The maximum atomic E-state index is 6.07. The van der Waals surface area contributed by atoms with E-state index in [0.29, 0.717) is 17.6 Å². The third-order valence-electron chi connectivity index (χ3n) is 5.00. The largest absolute Gasteiger partial charge is 0.375 e. The zero-order valence-electron chi connectivity index (χ0n) is 18.0. The standard InChI is InChI=1S/C13H26O.C10H12.C2H4/c1-11(10-13(2,3)4)14-12-8-6-5-7-9-12;1-8-2-4-9(5-3-8)10-6-7-10;1-2/h11-12H,5-10H2,1-4H3;2-5,10H,6-7H2,1H3;1-2H2. The number of rotatable bonds is 4. The van der Waals surface area contributed by atoms with Crippen molar-refractivity contribution in [2.24, 2.45) is 5.41 Å². The molecule has 0 spiro atoms. The van der Waals surface area contributed by atoms with Gasteiger partial charge in [-0.2, -0.15) is 0 Å². The van der Waals surface area contributed by atoms with Gasteiger partial charge in [-0.05, 0) is 62.8 Å². The van der Waals surface area contributed by atoms with E-state index in [1.807, 2.05) is 0 Å². The van der Waals surface area contributed by atoms with Crippen molar-refractivity contribution in [3.8, 4) is 0 Å². The number of aryl methyl sites for hydroxylation is 1. The van der Waals surface area contributed by atoms with Crippen LogP contribution >= 0.6 is 0 Å². The van der Waals surface area contributed by atoms with Crippen LogP contribution in [-0.4, -0.2) is 12.2 Å². The molecule has 3 rings (SSSR count). The van der Waals surface area contributed by atoms with E-state index in [0.717, 1.165) is 5.92 Å². The fourth-order valence-electron chi connectivity index (χ4n) is 3.70. The summed E-state index contributed by atoms with van der Waals surface area (Å²) in [5.41, 5.74) is 3.30. The Hall–Kier alpha value is -1.08. The summed E-state index contributed by atoms with van der Waals surface area (Å²) in [5.74, 6) is 0.903. The van der Waals surface area contributed by atoms with E-state index in [2.05, 4.69) is 72.0 Å². The number of hydrogen-bond donors (Lipinski definition) is 0. The molecule has 1 atom stereocenters. The van der Waals surface area contributed by atoms with Crippen LogP contribution in [0, 0.1) is 12.3 Å². The average Bonchev–Trinajstić information content (AvgIpc) is 3.42. The van der Waals surface area contributed by atoms with Gasteiger partial charge in [0.25, 0.3) is 0 Å². The Morgan fingerprint density at radius 2 is 1.50 bits per heavy atom. The minimum Gasteiger partial charge on any atom is -0.375 e. The van der Waals surface area contributed by atoms with Crippen LogP contribution in [0.15, 0.2) is 37.4 Å². The zero-order chi connectivity index (χ0) is 19.6. The van der Waals surface area contributed by atoms with Crippen molar-refractivity contribution in [2.45, 2.75) is 104 Å². The van der Waals surface area contributed by atoms with Gasteiger partial charge in [0.15, 0.2) is 0 Å². The highest BCUT2D eigenvalue weighted by Gasteiger charge is 2.22. The molecule has 2 aliphatic rings. The summed E-state index contributed by atoms with van der Waals surface area (Å²) < 4.78 is 6.07. The molecule has 0 aliphatic heterocycles. The highest BCUT2D eigenvalue weighted by atomic mass is 16.5. The Morgan fingerprint density at radius 3 is 1.96 bits per heavy atom. The van der Waals surface area contributed by atoms with E-state index < -0.39 is 0 Å². The van der Waals surface area contributed by atoms with Gasteiger partial charge in [0, 0.05) is 0 Å². The van der Waals surface area contributed by atoms with E-state index in [-0.39, 0.29) is 0 Å². The minimum absolute atomic E-state index is 0.397. The smallest absolute Gasteiger partial charge is 0.0578 e. The second-order valence-corrected chi connectivity index (χ2v) is 9.16. The first-order valence-electron chi connectivity index (χ1n) is 10.6. The SMILES string of the molecule is C=C.CC(CC(C)(C)C)OC1CCCCC1.Cc1ccc(C2CC2)cc1. The van der Waals surface area contributed by atoms with Gasteiger partial charge in [0.2, 0.25) is 0 Å². The molecule has 0 N–H and O–H groups in total. The normalized spacial score (nSPS) is 18.8. The Labute approximate surface area is 163 Å². The van der Waals surface area contributed by atoms with Gasteiger partial charge in [0.1, 0.15) is 0 Å². The molecule has 1 unspecified atom stereocenters. The van der Waals surface area contributed by atoms with E-state index in [9.17, 15) is 0 Å². The van der Waals surface area contributed by atoms with E-state index in [1.54, 1.807) is 0 Å². The van der Waals surface area contributed by atoms with Crippen LogP contribution in [0.1, 0.15) is 96.1 Å². The Bertz CT molecular complexity index is 472. The highest BCUT2D eigenvalue weighted by Crippen LogP contribution is 2.39. The topological polar surface area (TPSA) is 9.23 Å². The van der Waals surface area contributed by atoms with Crippen molar-refractivity contribution < 1.29 is 4.74 Å². The predicted molar refractivity (Wildman–Crippen MR) is 116 cm³/mol. The molecule has 0 radical (unpaired) electrons. The molecule has 26 heavy (non-hydrogen) atoms. The maximum absolute atomic E-state index is 6.07. The molecule has 0 bridgehead atoms. The molecule has 2 aliphatic carbocycles. The Morgan fingerprint density at radius 1 is 0.962 bits per heavy atom. The van der Waals surface area contributed by atoms with Gasteiger partial charge in [-0.15, -0.1) is 13.2 Å². The number of benzene rings is 1. The fourth-order valence-corrected chi connectivity index (χ4v) is 3.70. The first-order valence-corrected chi connectivity index (χ1v) is 10.6. The van der Waals surface area contributed by atoms with Crippen LogP contribution in [0.4, 0.5) is 0 Å². The van der Waals surface area contributed by atoms with Crippen molar-refractivity contribution in [1.29, 1.82) is 0 Å². The molecule has 1 heteroatoms. The van der Waals surface area contributed by atoms with Crippen LogP contribution in [-0.2, 0) is 4.74 Å². The molecule has 1 aromatic rings. The molecule has 2 fully saturated rings. The van der Waals surface area contributed by atoms with Gasteiger partial charge < -0.3 is 4.74 Å². The molecule has 148 valence electrons. The van der Waals surface area contributed by atoms with Gasteiger partial charge in [-0.25, -0.2) is 0 Å². The number of ether oxygens (including phenoxy) is 1. The monoisotopic (exact) mass is 358 g/mol. The first kappa shape index (κ1) is 23.0. The lowest BCUT2D eigenvalue weighted by Crippen LogP contribution is -2.25. The Balaban J connectivity index is 0.000000246. The van der Waals surface area contributed by atoms with Crippen LogP contribution in [0.2, 0.25) is 0 Å². The highest BCUT2D eigenvalue weighted by molar-refractivity contribution is 5.27. The maximum Gasteiger partial charge on any atom is 0.0578 e. The van der Waals surface area contributed by atoms with Gasteiger partial charge in [-0.3, -0.25) is 0 Å². The zero-order valence-corrected chi connectivity index (χ0v) is 18.0. The summed E-state index contributed by atoms with van der Waals surface area (Å²) in [6, 6.07) is 8.92. The van der Waals surface area contributed by atoms with Crippen molar-refractivity contribution in [3.63, 3.8) is 0 Å². The lowest BCUT2D eigenvalue weighted by Gasteiger charge is -2.29. The lowest BCUT2D eigenvalue weighted by atomic mass is 9.89. The Kier molecular flexibility index (Phi) is 10.2. The molecular weight excluding hydrogens is 316 g/mol. The van der Waals surface area contributed by atoms with E-state index in [1.165, 1.54) is 62.5 Å². The summed E-state index contributed by atoms with van der Waals surface area (Å²) in [7, 11) is 0. The first-order chi connectivity index (χ1) is 12.3. The second-order valence-electron chi connectivity index (χ2n) is 9.16. The van der Waals surface area contributed by atoms with Crippen molar-refractivity contribution in [1.82, 2.24) is 0 Å². The van der Waals surface area contributed by atoms with Crippen LogP contribution in [0.5, 0.6) is 0 Å². The average molecular weight is 359 g/mol. The van der Waals surface area contributed by atoms with Crippen LogP contribution in [0.3, 0.4) is 0 Å². The van der Waals surface area contributed by atoms with Gasteiger partial charge in [-0.1, -0.05) is 69.9 Å². The number of hydrogen-bond acceptors (Lipinski definition) is 1. The molecule has 0 heterocycles. The summed E-state index contributed by atoms with van der Waals surface area (Å²) in [5, 5.41) is 0. The van der Waals surface area contributed by atoms with E-state index >= 15 is 0 Å². The van der Waals surface area contributed by atoms with Crippen molar-refractivity contribution >= 4 is 0 Å². The molecular formula is C25H42O. The predicted octanol–water partition coefficient (Wildman–Crippen LogP) is 7.84. The minimum atomic E-state index is 0.397. The molecule has 0 saturated heterocycles. The summed E-state index contributed by atoms with van der Waals surface area (Å²) in [4.78, 5) is 0.